The zero-order chi connectivity index (χ0) is 13.1. The lowest BCUT2D eigenvalue weighted by molar-refractivity contribution is -0.148. The minimum absolute atomic E-state index is 0.128. The molecule has 1 saturated carbocycles. The number of hydrogen-bond acceptors (Lipinski definition) is 4. The van der Waals surface area contributed by atoms with E-state index in [9.17, 15) is 9.59 Å². The molecule has 0 saturated heterocycles. The topological polar surface area (TPSA) is 99.2 Å². The van der Waals surface area contributed by atoms with Crippen LogP contribution in [0.5, 0.6) is 0 Å². The van der Waals surface area contributed by atoms with Crippen LogP contribution in [0.1, 0.15) is 25.1 Å². The first-order chi connectivity index (χ1) is 8.59. The molecule has 7 nitrogen and oxygen atoms in total. The summed E-state index contributed by atoms with van der Waals surface area (Å²) in [6.45, 7) is 0.321. The quantitative estimate of drug-likeness (QED) is 0.801. The Morgan fingerprint density at radius 3 is 2.83 bits per heavy atom. The Balaban J connectivity index is 1.99. The Bertz CT molecular complexity index is 432. The molecule has 2 N–H and O–H groups in total. The highest BCUT2D eigenvalue weighted by Crippen LogP contribution is 2.33. The van der Waals surface area contributed by atoms with Crippen molar-refractivity contribution >= 4 is 11.9 Å². The van der Waals surface area contributed by atoms with Gasteiger partial charge in [-0.15, -0.1) is 0 Å². The Morgan fingerprint density at radius 1 is 1.50 bits per heavy atom. The third kappa shape index (κ3) is 2.49. The summed E-state index contributed by atoms with van der Waals surface area (Å²) < 4.78 is 0. The summed E-state index contributed by atoms with van der Waals surface area (Å²) >= 11 is 0. The van der Waals surface area contributed by atoms with Crippen LogP contribution < -0.4 is 0 Å². The van der Waals surface area contributed by atoms with Crippen LogP contribution in [0.15, 0.2) is 6.33 Å². The highest BCUT2D eigenvalue weighted by molar-refractivity contribution is 5.85. The normalized spacial score (nSPS) is 22.9. The second-order valence-corrected chi connectivity index (χ2v) is 4.61. The first kappa shape index (κ1) is 12.5. The number of H-pyrrole nitrogens is 1. The van der Waals surface area contributed by atoms with E-state index in [0.29, 0.717) is 25.2 Å². The van der Waals surface area contributed by atoms with Crippen molar-refractivity contribution in [2.75, 3.05) is 7.05 Å². The zero-order valence-electron chi connectivity index (χ0n) is 10.2. The highest BCUT2D eigenvalue weighted by atomic mass is 16.4. The monoisotopic (exact) mass is 252 g/mol. The number of aliphatic carboxylic acids is 1. The minimum atomic E-state index is -0.876. The number of carbonyl (C=O) groups excluding carboxylic acids is 1. The Hall–Kier alpha value is -1.92. The molecule has 0 aromatic carbocycles. The average molecular weight is 252 g/mol. The van der Waals surface area contributed by atoms with Crippen molar-refractivity contribution in [2.24, 2.45) is 11.8 Å². The zero-order valence-corrected chi connectivity index (χ0v) is 10.2. The van der Waals surface area contributed by atoms with Gasteiger partial charge in [0.15, 0.2) is 0 Å². The maximum absolute atomic E-state index is 12.2. The van der Waals surface area contributed by atoms with E-state index in [1.165, 1.54) is 11.2 Å². The van der Waals surface area contributed by atoms with Crippen molar-refractivity contribution in [1.82, 2.24) is 20.1 Å². The van der Waals surface area contributed by atoms with Gasteiger partial charge in [-0.05, 0) is 12.8 Å². The molecule has 18 heavy (non-hydrogen) atoms. The molecule has 2 rings (SSSR count). The summed E-state index contributed by atoms with van der Waals surface area (Å²) in [7, 11) is 1.65. The third-order valence-corrected chi connectivity index (χ3v) is 3.38. The molecular weight excluding hydrogens is 236 g/mol. The molecule has 1 aromatic heterocycles. The molecule has 98 valence electrons. The molecule has 1 heterocycles. The fourth-order valence-electron chi connectivity index (χ4n) is 2.44. The van der Waals surface area contributed by atoms with Crippen LogP contribution in [-0.4, -0.2) is 44.1 Å². The van der Waals surface area contributed by atoms with Gasteiger partial charge in [0.2, 0.25) is 5.91 Å². The number of carboxylic acids is 1. The standard InChI is InChI=1S/C11H16N4O3/c1-15(5-9-12-6-13-14-9)10(16)7-3-2-4-8(7)11(17)18/h6-8H,2-5H2,1H3,(H,17,18)(H,12,13,14). The summed E-state index contributed by atoms with van der Waals surface area (Å²) in [5.41, 5.74) is 0. The Labute approximate surface area is 104 Å². The van der Waals surface area contributed by atoms with Gasteiger partial charge in [0, 0.05) is 7.05 Å². The summed E-state index contributed by atoms with van der Waals surface area (Å²) in [6.07, 6.45) is 3.41. The van der Waals surface area contributed by atoms with Gasteiger partial charge >= 0.3 is 5.97 Å². The molecule has 1 aliphatic carbocycles. The summed E-state index contributed by atoms with van der Waals surface area (Å²) in [6, 6.07) is 0. The van der Waals surface area contributed by atoms with Gasteiger partial charge in [0.1, 0.15) is 12.2 Å². The van der Waals surface area contributed by atoms with Gasteiger partial charge in [-0.25, -0.2) is 4.98 Å². The van der Waals surface area contributed by atoms with Crippen molar-refractivity contribution < 1.29 is 14.7 Å². The van der Waals surface area contributed by atoms with Crippen molar-refractivity contribution in [3.63, 3.8) is 0 Å². The van der Waals surface area contributed by atoms with Crippen molar-refractivity contribution in [3.05, 3.63) is 12.2 Å². The van der Waals surface area contributed by atoms with E-state index in [1.807, 2.05) is 0 Å². The molecule has 0 aliphatic heterocycles. The van der Waals surface area contributed by atoms with Crippen LogP contribution >= 0.6 is 0 Å². The van der Waals surface area contributed by atoms with E-state index >= 15 is 0 Å². The number of amides is 1. The lowest BCUT2D eigenvalue weighted by atomic mass is 9.95. The Morgan fingerprint density at radius 2 is 2.22 bits per heavy atom. The fourth-order valence-corrected chi connectivity index (χ4v) is 2.44. The number of aromatic amines is 1. The lowest BCUT2D eigenvalue weighted by Gasteiger charge is -2.22. The van der Waals surface area contributed by atoms with Gasteiger partial charge in [0.25, 0.3) is 0 Å². The number of rotatable bonds is 4. The molecular formula is C11H16N4O3. The van der Waals surface area contributed by atoms with Gasteiger partial charge in [0.05, 0.1) is 18.4 Å². The van der Waals surface area contributed by atoms with Crippen molar-refractivity contribution in [2.45, 2.75) is 25.8 Å². The number of carbonyl (C=O) groups is 2. The summed E-state index contributed by atoms with van der Waals surface area (Å²) in [5, 5.41) is 15.5. The molecule has 1 amide bonds. The summed E-state index contributed by atoms with van der Waals surface area (Å²) in [5.74, 6) is -1.36. The van der Waals surface area contributed by atoms with Crippen molar-refractivity contribution in [3.8, 4) is 0 Å². The van der Waals surface area contributed by atoms with Crippen LogP contribution in [0.25, 0.3) is 0 Å². The van der Waals surface area contributed by atoms with E-state index in [2.05, 4.69) is 15.2 Å². The predicted molar refractivity (Wildman–Crippen MR) is 61.3 cm³/mol. The van der Waals surface area contributed by atoms with Crippen LogP contribution in [0.4, 0.5) is 0 Å². The van der Waals surface area contributed by atoms with E-state index in [-0.39, 0.29) is 5.91 Å². The number of nitrogens with one attached hydrogen (secondary N) is 1. The number of hydrogen-bond donors (Lipinski definition) is 2. The second-order valence-electron chi connectivity index (χ2n) is 4.61. The maximum atomic E-state index is 12.2. The fraction of sp³-hybridized carbons (Fsp3) is 0.636. The largest absolute Gasteiger partial charge is 0.481 e. The second kappa shape index (κ2) is 5.16. The molecule has 0 bridgehead atoms. The first-order valence-corrected chi connectivity index (χ1v) is 5.91. The number of nitrogens with zero attached hydrogens (tertiary/aromatic N) is 3. The van der Waals surface area contributed by atoms with Gasteiger partial charge in [-0.1, -0.05) is 6.42 Å². The molecule has 1 aromatic rings. The summed E-state index contributed by atoms with van der Waals surface area (Å²) in [4.78, 5) is 28.7. The molecule has 0 radical (unpaired) electrons. The number of aromatic nitrogens is 3. The van der Waals surface area contributed by atoms with Gasteiger partial charge in [-0.2, -0.15) is 5.10 Å². The van der Waals surface area contributed by atoms with Gasteiger partial charge in [-0.3, -0.25) is 14.7 Å². The molecule has 1 aliphatic rings. The predicted octanol–water partition coefficient (Wildman–Crippen LogP) is 0.264. The smallest absolute Gasteiger partial charge is 0.307 e. The van der Waals surface area contributed by atoms with Crippen LogP contribution in [0, 0.1) is 11.8 Å². The SMILES string of the molecule is CN(Cc1ncn[nH]1)C(=O)C1CCCC1C(=O)O. The minimum Gasteiger partial charge on any atom is -0.481 e. The molecule has 7 heteroatoms. The average Bonchev–Trinajstić information content (AvgIpc) is 2.97. The van der Waals surface area contributed by atoms with Crippen LogP contribution in [0.3, 0.4) is 0 Å². The first-order valence-electron chi connectivity index (χ1n) is 5.91. The van der Waals surface area contributed by atoms with E-state index in [0.717, 1.165) is 6.42 Å². The van der Waals surface area contributed by atoms with Crippen molar-refractivity contribution in [1.29, 1.82) is 0 Å². The van der Waals surface area contributed by atoms with E-state index in [1.54, 1.807) is 7.05 Å². The van der Waals surface area contributed by atoms with E-state index < -0.39 is 17.8 Å². The van der Waals surface area contributed by atoms with Gasteiger partial charge < -0.3 is 10.0 Å². The lowest BCUT2D eigenvalue weighted by Crippen LogP contribution is -2.36. The van der Waals surface area contributed by atoms with Crippen LogP contribution in [0.2, 0.25) is 0 Å². The molecule has 1 fully saturated rings. The molecule has 2 atom stereocenters. The number of carboxylic acid groups (broad SMARTS) is 1. The Kier molecular flexibility index (Phi) is 3.59. The van der Waals surface area contributed by atoms with Crippen LogP contribution in [-0.2, 0) is 16.1 Å². The molecule has 2 unspecified atom stereocenters. The molecule has 0 spiro atoms. The third-order valence-electron chi connectivity index (χ3n) is 3.38. The van der Waals surface area contributed by atoms with E-state index in [4.69, 9.17) is 5.11 Å². The maximum Gasteiger partial charge on any atom is 0.307 e. The highest BCUT2D eigenvalue weighted by Gasteiger charge is 2.39.